The van der Waals surface area contributed by atoms with Crippen molar-refractivity contribution in [2.45, 2.75) is 31.8 Å². The Balaban J connectivity index is 2.00. The van der Waals surface area contributed by atoms with E-state index in [1.54, 1.807) is 0 Å². The number of rotatable bonds is 3. The average Bonchev–Trinajstić information content (AvgIpc) is 2.39. The molecule has 1 aliphatic rings. The van der Waals surface area contributed by atoms with Gasteiger partial charge in [0.1, 0.15) is 0 Å². The van der Waals surface area contributed by atoms with Crippen molar-refractivity contribution in [2.24, 2.45) is 0 Å². The Kier molecular flexibility index (Phi) is 3.91. The minimum atomic E-state index is 0.395. The van der Waals surface area contributed by atoms with Gasteiger partial charge in [0.05, 0.1) is 5.69 Å². The summed E-state index contributed by atoms with van der Waals surface area (Å²) in [5.74, 6) is 0. The number of piperidine rings is 1. The van der Waals surface area contributed by atoms with Gasteiger partial charge in [0.2, 0.25) is 0 Å². The van der Waals surface area contributed by atoms with Crippen LogP contribution in [0.15, 0.2) is 24.4 Å². The van der Waals surface area contributed by atoms with Gasteiger partial charge < -0.3 is 5.32 Å². The third-order valence-corrected chi connectivity index (χ3v) is 3.57. The van der Waals surface area contributed by atoms with E-state index in [0.29, 0.717) is 12.1 Å². The fourth-order valence-electron chi connectivity index (χ4n) is 2.33. The molecule has 1 fully saturated rings. The molecule has 0 radical (unpaired) electrons. The van der Waals surface area contributed by atoms with Gasteiger partial charge in [-0.3, -0.25) is 9.88 Å². The molecule has 0 unspecified atom stereocenters. The first-order valence-electron chi connectivity index (χ1n) is 6.12. The zero-order chi connectivity index (χ0) is 11.4. The van der Waals surface area contributed by atoms with Gasteiger partial charge in [0, 0.05) is 24.8 Å². The highest BCUT2D eigenvalue weighted by molar-refractivity contribution is 5.08. The molecule has 0 aliphatic carbocycles. The minimum Gasteiger partial charge on any atom is -0.315 e. The predicted octanol–water partition coefficient (Wildman–Crippen LogP) is 1.83. The van der Waals surface area contributed by atoms with E-state index in [4.69, 9.17) is 0 Å². The van der Waals surface area contributed by atoms with Gasteiger partial charge in [0.25, 0.3) is 0 Å². The first kappa shape index (κ1) is 11.6. The molecule has 16 heavy (non-hydrogen) atoms. The van der Waals surface area contributed by atoms with Crippen molar-refractivity contribution in [3.8, 4) is 0 Å². The van der Waals surface area contributed by atoms with Crippen molar-refractivity contribution >= 4 is 0 Å². The second-order valence-electron chi connectivity index (χ2n) is 4.60. The molecule has 0 aromatic carbocycles. The van der Waals surface area contributed by atoms with Gasteiger partial charge >= 0.3 is 0 Å². The number of nitrogens with one attached hydrogen (secondary N) is 1. The number of hydrogen-bond donors (Lipinski definition) is 1. The standard InChI is InChI=1S/C13H21N3/c1-11(13-7-3-4-9-15-13)16(2)12-6-5-8-14-10-12/h3-4,7,9,11-12,14H,5-6,8,10H2,1-2H3/t11-,12+/m1/s1. The van der Waals surface area contributed by atoms with Crippen LogP contribution in [0.4, 0.5) is 0 Å². The summed E-state index contributed by atoms with van der Waals surface area (Å²) in [7, 11) is 2.21. The molecule has 3 heteroatoms. The monoisotopic (exact) mass is 219 g/mol. The Labute approximate surface area is 97.9 Å². The lowest BCUT2D eigenvalue weighted by atomic mass is 10.0. The van der Waals surface area contributed by atoms with Gasteiger partial charge in [-0.1, -0.05) is 6.07 Å². The Morgan fingerprint density at radius 2 is 2.38 bits per heavy atom. The van der Waals surface area contributed by atoms with E-state index < -0.39 is 0 Å². The third-order valence-electron chi connectivity index (χ3n) is 3.57. The van der Waals surface area contributed by atoms with Gasteiger partial charge in [0.15, 0.2) is 0 Å². The summed E-state index contributed by atoms with van der Waals surface area (Å²) < 4.78 is 0. The van der Waals surface area contributed by atoms with Crippen LogP contribution >= 0.6 is 0 Å². The van der Waals surface area contributed by atoms with Crippen LogP contribution in [-0.4, -0.2) is 36.1 Å². The Bertz CT molecular complexity index is 306. The Morgan fingerprint density at radius 3 is 3.00 bits per heavy atom. The van der Waals surface area contributed by atoms with Crippen molar-refractivity contribution in [2.75, 3.05) is 20.1 Å². The van der Waals surface area contributed by atoms with Crippen molar-refractivity contribution in [3.05, 3.63) is 30.1 Å². The molecule has 1 saturated heterocycles. The van der Waals surface area contributed by atoms with Crippen molar-refractivity contribution in [1.82, 2.24) is 15.2 Å². The molecule has 2 atom stereocenters. The maximum absolute atomic E-state index is 4.43. The van der Waals surface area contributed by atoms with Crippen LogP contribution in [0, 0.1) is 0 Å². The Morgan fingerprint density at radius 1 is 1.50 bits per heavy atom. The fraction of sp³-hybridized carbons (Fsp3) is 0.615. The van der Waals surface area contributed by atoms with Gasteiger partial charge in [-0.2, -0.15) is 0 Å². The van der Waals surface area contributed by atoms with Gasteiger partial charge in [-0.25, -0.2) is 0 Å². The molecule has 1 aromatic heterocycles. The van der Waals surface area contributed by atoms with Gasteiger partial charge in [-0.05, 0) is 45.5 Å². The van der Waals surface area contributed by atoms with Crippen molar-refractivity contribution < 1.29 is 0 Å². The minimum absolute atomic E-state index is 0.395. The number of hydrogen-bond acceptors (Lipinski definition) is 3. The highest BCUT2D eigenvalue weighted by Crippen LogP contribution is 2.21. The largest absolute Gasteiger partial charge is 0.315 e. The molecular weight excluding hydrogens is 198 g/mol. The fourth-order valence-corrected chi connectivity index (χ4v) is 2.33. The second-order valence-corrected chi connectivity index (χ2v) is 4.60. The average molecular weight is 219 g/mol. The van der Waals surface area contributed by atoms with E-state index in [-0.39, 0.29) is 0 Å². The van der Waals surface area contributed by atoms with E-state index in [1.807, 2.05) is 12.3 Å². The molecule has 1 aromatic rings. The van der Waals surface area contributed by atoms with Crippen molar-refractivity contribution in [1.29, 1.82) is 0 Å². The first-order chi connectivity index (χ1) is 7.79. The quantitative estimate of drug-likeness (QED) is 0.840. The van der Waals surface area contributed by atoms with E-state index in [9.17, 15) is 0 Å². The van der Waals surface area contributed by atoms with Crippen LogP contribution in [0.1, 0.15) is 31.5 Å². The van der Waals surface area contributed by atoms with E-state index in [0.717, 1.165) is 12.2 Å². The van der Waals surface area contributed by atoms with Crippen LogP contribution in [0.25, 0.3) is 0 Å². The SMILES string of the molecule is C[C@H](c1ccccn1)N(C)[C@H]1CCCNC1. The molecule has 0 spiro atoms. The molecule has 0 amide bonds. The highest BCUT2D eigenvalue weighted by atomic mass is 15.2. The highest BCUT2D eigenvalue weighted by Gasteiger charge is 2.22. The lowest BCUT2D eigenvalue weighted by Crippen LogP contribution is -2.45. The zero-order valence-electron chi connectivity index (χ0n) is 10.2. The smallest absolute Gasteiger partial charge is 0.0572 e. The maximum Gasteiger partial charge on any atom is 0.0572 e. The molecule has 0 bridgehead atoms. The van der Waals surface area contributed by atoms with E-state index in [2.05, 4.69) is 41.3 Å². The summed E-state index contributed by atoms with van der Waals surface area (Å²) in [5, 5.41) is 3.46. The molecular formula is C13H21N3. The zero-order valence-corrected chi connectivity index (χ0v) is 10.2. The topological polar surface area (TPSA) is 28.2 Å². The molecule has 88 valence electrons. The predicted molar refractivity (Wildman–Crippen MR) is 66.3 cm³/mol. The number of aromatic nitrogens is 1. The van der Waals surface area contributed by atoms with Crippen molar-refractivity contribution in [3.63, 3.8) is 0 Å². The molecule has 2 rings (SSSR count). The normalized spacial score (nSPS) is 23.3. The van der Waals surface area contributed by atoms with Crippen LogP contribution in [-0.2, 0) is 0 Å². The van der Waals surface area contributed by atoms with E-state index >= 15 is 0 Å². The summed E-state index contributed by atoms with van der Waals surface area (Å²) in [5.41, 5.74) is 1.16. The molecule has 0 saturated carbocycles. The third kappa shape index (κ3) is 2.60. The summed E-state index contributed by atoms with van der Waals surface area (Å²) in [6, 6.07) is 7.18. The lowest BCUT2D eigenvalue weighted by molar-refractivity contribution is 0.154. The van der Waals surface area contributed by atoms with Crippen LogP contribution in [0.5, 0.6) is 0 Å². The van der Waals surface area contributed by atoms with Crippen LogP contribution < -0.4 is 5.32 Å². The number of likely N-dealkylation sites (N-methyl/N-ethyl adjacent to an activating group) is 1. The summed E-state index contributed by atoms with van der Waals surface area (Å²) in [6.45, 7) is 4.51. The van der Waals surface area contributed by atoms with E-state index in [1.165, 1.54) is 19.4 Å². The number of nitrogens with zero attached hydrogens (tertiary/aromatic N) is 2. The van der Waals surface area contributed by atoms with Gasteiger partial charge in [-0.15, -0.1) is 0 Å². The molecule has 2 heterocycles. The lowest BCUT2D eigenvalue weighted by Gasteiger charge is -2.35. The summed E-state index contributed by atoms with van der Waals surface area (Å²) in [6.07, 6.45) is 4.45. The molecule has 1 N–H and O–H groups in total. The summed E-state index contributed by atoms with van der Waals surface area (Å²) >= 11 is 0. The molecule has 1 aliphatic heterocycles. The van der Waals surface area contributed by atoms with Crippen LogP contribution in [0.2, 0.25) is 0 Å². The Hall–Kier alpha value is -0.930. The molecule has 3 nitrogen and oxygen atoms in total. The maximum atomic E-state index is 4.43. The van der Waals surface area contributed by atoms with Crippen LogP contribution in [0.3, 0.4) is 0 Å². The first-order valence-corrected chi connectivity index (χ1v) is 6.12. The second kappa shape index (κ2) is 5.41. The number of pyridine rings is 1. The summed E-state index contributed by atoms with van der Waals surface area (Å²) in [4.78, 5) is 6.87.